The van der Waals surface area contributed by atoms with Gasteiger partial charge in [0.25, 0.3) is 5.91 Å². The van der Waals surface area contributed by atoms with Gasteiger partial charge in [0.05, 0.1) is 30.0 Å². The second-order valence-corrected chi connectivity index (χ2v) is 8.65. The molecule has 2 bridgehead atoms. The highest BCUT2D eigenvalue weighted by Crippen LogP contribution is 2.40. The summed E-state index contributed by atoms with van der Waals surface area (Å²) in [6, 6.07) is 0.204. The van der Waals surface area contributed by atoms with Gasteiger partial charge in [-0.3, -0.25) is 14.6 Å². The maximum absolute atomic E-state index is 13.1. The van der Waals surface area contributed by atoms with Gasteiger partial charge in [-0.2, -0.15) is 0 Å². The van der Waals surface area contributed by atoms with Gasteiger partial charge in [0.15, 0.2) is 0 Å². The number of carbonyl (C=O) groups is 2. The lowest BCUT2D eigenvalue weighted by Gasteiger charge is -2.38. The van der Waals surface area contributed by atoms with Gasteiger partial charge in [-0.25, -0.2) is 0 Å². The lowest BCUT2D eigenvalue weighted by atomic mass is 9.90. The number of hydrogen-bond acceptors (Lipinski definition) is 5. The van der Waals surface area contributed by atoms with E-state index < -0.39 is 0 Å². The Morgan fingerprint density at radius 1 is 1.24 bits per heavy atom. The minimum Gasteiger partial charge on any atom is -0.376 e. The molecule has 2 amide bonds. The number of ether oxygens (including phenoxy) is 1. The van der Waals surface area contributed by atoms with E-state index in [9.17, 15) is 9.59 Å². The van der Waals surface area contributed by atoms with Crippen molar-refractivity contribution in [3.8, 4) is 0 Å². The molecule has 1 unspecified atom stereocenters. The van der Waals surface area contributed by atoms with E-state index in [2.05, 4.69) is 10.3 Å². The minimum absolute atomic E-state index is 0.0518. The number of likely N-dealkylation sites (tertiary alicyclic amines) is 1. The van der Waals surface area contributed by atoms with E-state index in [-0.39, 0.29) is 42.0 Å². The molecule has 4 rings (SSSR count). The summed E-state index contributed by atoms with van der Waals surface area (Å²) in [6.45, 7) is 4.94. The third kappa shape index (κ3) is 3.31. The monoisotopic (exact) mass is 363 g/mol. The van der Waals surface area contributed by atoms with Gasteiger partial charge >= 0.3 is 0 Å². The Labute approximate surface area is 151 Å². The second kappa shape index (κ2) is 6.68. The maximum atomic E-state index is 13.1. The van der Waals surface area contributed by atoms with Crippen LogP contribution in [0, 0.1) is 11.8 Å². The molecule has 0 aromatic carbocycles. The zero-order valence-electron chi connectivity index (χ0n) is 14.7. The van der Waals surface area contributed by atoms with E-state index in [1.54, 1.807) is 11.7 Å². The van der Waals surface area contributed by atoms with Crippen LogP contribution in [-0.4, -0.2) is 52.5 Å². The van der Waals surface area contributed by atoms with Crippen molar-refractivity contribution in [2.24, 2.45) is 11.8 Å². The van der Waals surface area contributed by atoms with Crippen LogP contribution in [0.4, 0.5) is 0 Å². The van der Waals surface area contributed by atoms with Crippen LogP contribution >= 0.6 is 11.3 Å². The molecule has 3 fully saturated rings. The van der Waals surface area contributed by atoms with Crippen LogP contribution in [0.3, 0.4) is 0 Å². The molecule has 2 saturated heterocycles. The summed E-state index contributed by atoms with van der Waals surface area (Å²) < 4.78 is 5.77. The number of fused-ring (bicyclic) bond motifs is 2. The molecule has 1 N–H and O–H groups in total. The molecule has 1 aromatic rings. The Morgan fingerprint density at radius 3 is 2.64 bits per heavy atom. The van der Waals surface area contributed by atoms with E-state index >= 15 is 0 Å². The lowest BCUT2D eigenvalue weighted by molar-refractivity contribution is -0.145. The molecule has 6 atom stereocenters. The number of amides is 2. The number of piperidine rings is 1. The molecular weight excluding hydrogens is 338 g/mol. The number of rotatable bonds is 3. The normalized spacial score (nSPS) is 37.3. The summed E-state index contributed by atoms with van der Waals surface area (Å²) in [5, 5.41) is 3.13. The summed E-state index contributed by atoms with van der Waals surface area (Å²) in [4.78, 5) is 32.1. The van der Waals surface area contributed by atoms with E-state index in [1.807, 2.05) is 18.7 Å². The fourth-order valence-corrected chi connectivity index (χ4v) is 5.37. The molecule has 7 heteroatoms. The largest absolute Gasteiger partial charge is 0.376 e. The predicted molar refractivity (Wildman–Crippen MR) is 94.3 cm³/mol. The Morgan fingerprint density at radius 2 is 2.00 bits per heavy atom. The molecule has 0 radical (unpaired) electrons. The highest BCUT2D eigenvalue weighted by atomic mass is 32.1. The van der Waals surface area contributed by atoms with E-state index in [0.717, 1.165) is 32.2 Å². The first kappa shape index (κ1) is 17.0. The van der Waals surface area contributed by atoms with Crippen molar-refractivity contribution in [2.45, 2.75) is 63.8 Å². The third-order valence-corrected chi connectivity index (χ3v) is 6.56. The van der Waals surface area contributed by atoms with Crippen molar-refractivity contribution in [3.05, 3.63) is 16.6 Å². The smallest absolute Gasteiger partial charge is 0.263 e. The maximum Gasteiger partial charge on any atom is 0.263 e. The zero-order valence-corrected chi connectivity index (χ0v) is 15.5. The first-order valence-corrected chi connectivity index (χ1v) is 10.0. The van der Waals surface area contributed by atoms with E-state index in [1.165, 1.54) is 11.3 Å². The minimum atomic E-state index is -0.0687. The van der Waals surface area contributed by atoms with E-state index in [0.29, 0.717) is 10.8 Å². The number of hydrogen-bond donors (Lipinski definition) is 1. The van der Waals surface area contributed by atoms with Crippen LogP contribution in [0.2, 0.25) is 0 Å². The van der Waals surface area contributed by atoms with Gasteiger partial charge in [-0.15, -0.1) is 11.3 Å². The van der Waals surface area contributed by atoms with Gasteiger partial charge in [-0.05, 0) is 45.4 Å². The zero-order chi connectivity index (χ0) is 17.6. The Balaban J connectivity index is 1.42. The fraction of sp³-hybridized carbons (Fsp3) is 0.722. The average molecular weight is 363 g/mol. The number of aromatic nitrogens is 1. The second-order valence-electron chi connectivity index (χ2n) is 7.77. The van der Waals surface area contributed by atoms with Crippen LogP contribution < -0.4 is 5.32 Å². The van der Waals surface area contributed by atoms with Crippen LogP contribution in [-0.2, 0) is 9.53 Å². The lowest BCUT2D eigenvalue weighted by Crippen LogP contribution is -2.54. The summed E-state index contributed by atoms with van der Waals surface area (Å²) in [7, 11) is 0. The predicted octanol–water partition coefficient (Wildman–Crippen LogP) is 2.07. The molecule has 3 aliphatic rings. The van der Waals surface area contributed by atoms with Crippen molar-refractivity contribution in [3.63, 3.8) is 0 Å². The highest BCUT2D eigenvalue weighted by molar-refractivity contribution is 7.11. The highest BCUT2D eigenvalue weighted by Gasteiger charge is 2.49. The quantitative estimate of drug-likeness (QED) is 0.892. The molecule has 1 aromatic heterocycles. The standard InChI is InChI=1S/C18H25N3O3S/c1-10-3-13(4-11(2)24-10)18(23)21-8-12-5-14(15(21)6-12)20-17(22)16-7-19-9-25-16/h7,9-15H,3-6,8H2,1-2H3,(H,20,22)/t10-,11+,12-,13?,14-,15-/m1/s1. The Kier molecular flexibility index (Phi) is 4.54. The van der Waals surface area contributed by atoms with Gasteiger partial charge in [0, 0.05) is 18.5 Å². The first-order valence-electron chi connectivity index (χ1n) is 9.16. The average Bonchev–Trinajstić information content (AvgIpc) is 3.29. The number of carbonyl (C=O) groups excluding carboxylic acids is 2. The van der Waals surface area contributed by atoms with Gasteiger partial charge in [0.1, 0.15) is 4.88 Å². The van der Waals surface area contributed by atoms with Gasteiger partial charge in [0.2, 0.25) is 5.91 Å². The van der Waals surface area contributed by atoms with Crippen LogP contribution in [0.5, 0.6) is 0 Å². The van der Waals surface area contributed by atoms with Crippen molar-refractivity contribution in [2.75, 3.05) is 6.54 Å². The number of nitrogens with zero attached hydrogens (tertiary/aromatic N) is 2. The summed E-state index contributed by atoms with van der Waals surface area (Å²) in [5.41, 5.74) is 1.67. The first-order chi connectivity index (χ1) is 12.0. The SMILES string of the molecule is C[C@@H]1CC(C(=O)N2C[C@H]3C[C@@H]2[C@H](NC(=O)c2cncs2)C3)C[C@H](C)O1. The molecular formula is C18H25N3O3S. The summed E-state index contributed by atoms with van der Waals surface area (Å²) in [6.07, 6.45) is 5.46. The van der Waals surface area contributed by atoms with E-state index in [4.69, 9.17) is 4.74 Å². The Hall–Kier alpha value is -1.47. The number of thiazole rings is 1. The van der Waals surface area contributed by atoms with Crippen molar-refractivity contribution in [1.82, 2.24) is 15.2 Å². The molecule has 3 heterocycles. The molecule has 25 heavy (non-hydrogen) atoms. The summed E-state index contributed by atoms with van der Waals surface area (Å²) >= 11 is 1.35. The molecule has 1 saturated carbocycles. The third-order valence-electron chi connectivity index (χ3n) is 5.78. The van der Waals surface area contributed by atoms with Crippen molar-refractivity contribution >= 4 is 23.2 Å². The summed E-state index contributed by atoms with van der Waals surface area (Å²) in [5.74, 6) is 0.748. The van der Waals surface area contributed by atoms with Gasteiger partial charge < -0.3 is 15.0 Å². The number of nitrogens with one attached hydrogen (secondary N) is 1. The van der Waals surface area contributed by atoms with Crippen LogP contribution in [0.1, 0.15) is 49.2 Å². The van der Waals surface area contributed by atoms with Crippen molar-refractivity contribution in [1.29, 1.82) is 0 Å². The molecule has 136 valence electrons. The molecule has 0 spiro atoms. The Bertz CT molecular complexity index is 640. The van der Waals surface area contributed by atoms with Crippen LogP contribution in [0.15, 0.2) is 11.7 Å². The van der Waals surface area contributed by atoms with Crippen molar-refractivity contribution < 1.29 is 14.3 Å². The topological polar surface area (TPSA) is 71.5 Å². The van der Waals surface area contributed by atoms with Crippen LogP contribution in [0.25, 0.3) is 0 Å². The molecule has 1 aliphatic carbocycles. The molecule has 6 nitrogen and oxygen atoms in total. The fourth-order valence-electron chi connectivity index (χ4n) is 4.84. The molecule has 2 aliphatic heterocycles. The van der Waals surface area contributed by atoms with Gasteiger partial charge in [-0.1, -0.05) is 0 Å².